The van der Waals surface area contributed by atoms with E-state index < -0.39 is 84.6 Å². The number of nitrogen functional groups attached to an aromatic ring is 1. The summed E-state index contributed by atoms with van der Waals surface area (Å²) in [6, 6.07) is 0. The third-order valence-electron chi connectivity index (χ3n) is 8.43. The molecule has 0 aromatic carbocycles. The van der Waals surface area contributed by atoms with Crippen molar-refractivity contribution in [1.82, 2.24) is 30.2 Å². The van der Waals surface area contributed by atoms with Crippen LogP contribution in [-0.4, -0.2) is 123 Å². The van der Waals surface area contributed by atoms with Crippen molar-refractivity contribution in [2.75, 3.05) is 37.8 Å². The predicted octanol–water partition coefficient (Wildman–Crippen LogP) is 1.27. The molecule has 2 aromatic heterocycles. The molecule has 2 aromatic rings. The number of aromatic nitrogens is 4. The molecule has 0 bridgehead atoms. The summed E-state index contributed by atoms with van der Waals surface area (Å²) in [5.41, 5.74) is 4.27. The number of aliphatic hydroxyl groups excluding tert-OH is 2. The number of phosphoric acid groups is 3. The summed E-state index contributed by atoms with van der Waals surface area (Å²) in [5, 5.41) is 26.5. The van der Waals surface area contributed by atoms with Gasteiger partial charge in [-0.2, -0.15) is 4.31 Å². The van der Waals surface area contributed by atoms with E-state index in [4.69, 9.17) is 19.5 Å². The lowest BCUT2D eigenvalue weighted by Crippen LogP contribution is -2.46. The molecular weight excluding hydrogens is 855 g/mol. The number of aliphatic hydroxyl groups is 2. The first-order chi connectivity index (χ1) is 26.9. The SMILES string of the molecule is CC(C)CCCCCC(=O)SCCNC(=O)CCNC(=O)[C@H](O)C(C)(C)COP(=O)(O)OP(=O)(O)OC[C@H]1O[C@@H](n2cnc3c(N)ncnc32)[C@H](O)[C@@H]1OP(=O)(O)O. The monoisotopic (exact) mass is 907 g/mol. The van der Waals surface area contributed by atoms with Gasteiger partial charge in [-0.1, -0.05) is 58.7 Å². The number of imidazole rings is 1. The molecule has 1 saturated heterocycles. The van der Waals surface area contributed by atoms with Gasteiger partial charge in [0.2, 0.25) is 11.8 Å². The smallest absolute Gasteiger partial charge is 0.386 e. The zero-order valence-electron chi connectivity index (χ0n) is 32.2. The second-order valence-corrected chi connectivity index (χ2v) is 19.7. The van der Waals surface area contributed by atoms with Crippen LogP contribution >= 0.6 is 35.2 Å². The van der Waals surface area contributed by atoms with E-state index in [0.717, 1.165) is 54.7 Å². The molecule has 58 heavy (non-hydrogen) atoms. The van der Waals surface area contributed by atoms with Gasteiger partial charge in [0.1, 0.15) is 36.3 Å². The maximum absolute atomic E-state index is 12.7. The van der Waals surface area contributed by atoms with Crippen LogP contribution in [0, 0.1) is 11.3 Å². The van der Waals surface area contributed by atoms with Crippen molar-refractivity contribution in [3.05, 3.63) is 12.7 Å². The molecule has 2 amide bonds. The molecular formula is C30H52N7O17P3S. The Balaban J connectivity index is 1.44. The minimum absolute atomic E-state index is 0.0323. The topological polar surface area (TPSA) is 364 Å². The lowest BCUT2D eigenvalue weighted by molar-refractivity contribution is -0.137. The van der Waals surface area contributed by atoms with Crippen LogP contribution < -0.4 is 16.4 Å². The van der Waals surface area contributed by atoms with Crippen LogP contribution in [0.15, 0.2) is 12.7 Å². The van der Waals surface area contributed by atoms with Crippen molar-refractivity contribution in [3.8, 4) is 0 Å². The number of nitrogens with two attached hydrogens (primary N) is 1. The number of nitrogens with one attached hydrogen (secondary N) is 2. The highest BCUT2D eigenvalue weighted by atomic mass is 32.2. The summed E-state index contributed by atoms with van der Waals surface area (Å²) in [5.74, 6) is -0.407. The van der Waals surface area contributed by atoms with Crippen molar-refractivity contribution >= 4 is 69.1 Å². The maximum Gasteiger partial charge on any atom is 0.481 e. The summed E-state index contributed by atoms with van der Waals surface area (Å²) >= 11 is 1.13. The van der Waals surface area contributed by atoms with Crippen molar-refractivity contribution < 1.29 is 80.5 Å². The molecule has 0 saturated carbocycles. The summed E-state index contributed by atoms with van der Waals surface area (Å²) in [4.78, 5) is 87.7. The highest BCUT2D eigenvalue weighted by Gasteiger charge is 2.50. The number of hydrogen-bond acceptors (Lipinski definition) is 18. The number of carbonyl (C=O) groups excluding carboxylic acids is 3. The molecule has 1 aliphatic rings. The van der Waals surface area contributed by atoms with Crippen molar-refractivity contribution in [2.45, 2.75) is 96.9 Å². The van der Waals surface area contributed by atoms with Crippen LogP contribution in [0.25, 0.3) is 11.2 Å². The normalized spacial score (nSPS) is 21.4. The molecule has 2 unspecified atom stereocenters. The Bertz CT molecular complexity index is 1850. The van der Waals surface area contributed by atoms with Crippen LogP contribution in [0.4, 0.5) is 5.82 Å². The van der Waals surface area contributed by atoms with Crippen LogP contribution in [0.3, 0.4) is 0 Å². The van der Waals surface area contributed by atoms with Crippen LogP contribution in [-0.2, 0) is 50.7 Å². The van der Waals surface area contributed by atoms with Gasteiger partial charge in [0.15, 0.2) is 22.8 Å². The number of unbranched alkanes of at least 4 members (excludes halogenated alkanes) is 2. The molecule has 3 rings (SSSR count). The average Bonchev–Trinajstić information content (AvgIpc) is 3.67. The Morgan fingerprint density at radius 3 is 2.36 bits per heavy atom. The third kappa shape index (κ3) is 16.2. The second-order valence-electron chi connectivity index (χ2n) is 14.3. The average molecular weight is 908 g/mol. The van der Waals surface area contributed by atoms with E-state index in [1.165, 1.54) is 13.8 Å². The van der Waals surface area contributed by atoms with Gasteiger partial charge >= 0.3 is 23.5 Å². The van der Waals surface area contributed by atoms with Gasteiger partial charge in [-0.3, -0.25) is 32.5 Å². The summed E-state index contributed by atoms with van der Waals surface area (Å²) < 4.78 is 62.2. The largest absolute Gasteiger partial charge is 0.481 e. The number of carbonyl (C=O) groups is 3. The van der Waals surface area contributed by atoms with Crippen LogP contribution in [0.5, 0.6) is 0 Å². The molecule has 330 valence electrons. The lowest BCUT2D eigenvalue weighted by Gasteiger charge is -2.30. The van der Waals surface area contributed by atoms with Crippen LogP contribution in [0.2, 0.25) is 0 Å². The molecule has 28 heteroatoms. The predicted molar refractivity (Wildman–Crippen MR) is 205 cm³/mol. The van der Waals surface area contributed by atoms with Crippen molar-refractivity contribution in [1.29, 1.82) is 0 Å². The minimum atomic E-state index is -5.57. The Labute approximate surface area is 337 Å². The highest BCUT2D eigenvalue weighted by molar-refractivity contribution is 8.13. The molecule has 24 nitrogen and oxygen atoms in total. The first-order valence-corrected chi connectivity index (χ1v) is 23.5. The van der Waals surface area contributed by atoms with Gasteiger partial charge in [-0.25, -0.2) is 28.6 Å². The summed E-state index contributed by atoms with van der Waals surface area (Å²) in [6.07, 6.45) is -2.39. The van der Waals surface area contributed by atoms with Gasteiger partial charge in [0.25, 0.3) is 0 Å². The number of anilines is 1. The summed E-state index contributed by atoms with van der Waals surface area (Å²) in [7, 11) is -16.4. The van der Waals surface area contributed by atoms with Crippen molar-refractivity contribution in [2.24, 2.45) is 11.3 Å². The van der Waals surface area contributed by atoms with E-state index in [-0.39, 0.29) is 41.6 Å². The zero-order valence-corrected chi connectivity index (χ0v) is 35.7. The lowest BCUT2D eigenvalue weighted by atomic mass is 9.87. The Hall–Kier alpha value is -2.44. The van der Waals surface area contributed by atoms with E-state index in [2.05, 4.69) is 48.3 Å². The Kier molecular flexibility index (Phi) is 18.8. The number of hydrogen-bond donors (Lipinski definition) is 9. The zero-order chi connectivity index (χ0) is 43.5. The van der Waals surface area contributed by atoms with Gasteiger partial charge in [0, 0.05) is 37.1 Å². The minimum Gasteiger partial charge on any atom is -0.386 e. The molecule has 1 aliphatic heterocycles. The second kappa shape index (κ2) is 21.9. The van der Waals surface area contributed by atoms with Gasteiger partial charge in [-0.15, -0.1) is 0 Å². The molecule has 0 aliphatic carbocycles. The fourth-order valence-corrected chi connectivity index (χ4v) is 8.92. The number of fused-ring (bicyclic) bond motifs is 1. The first-order valence-electron chi connectivity index (χ1n) is 18.0. The Morgan fingerprint density at radius 2 is 1.69 bits per heavy atom. The van der Waals surface area contributed by atoms with E-state index in [1.54, 1.807) is 0 Å². The number of thioether (sulfide) groups is 1. The highest BCUT2D eigenvalue weighted by Crippen LogP contribution is 2.61. The van der Waals surface area contributed by atoms with E-state index in [0.29, 0.717) is 18.1 Å². The van der Waals surface area contributed by atoms with E-state index >= 15 is 0 Å². The van der Waals surface area contributed by atoms with Gasteiger partial charge < -0.3 is 50.9 Å². The summed E-state index contributed by atoms with van der Waals surface area (Å²) in [6.45, 7) is 4.86. The number of amides is 2. The van der Waals surface area contributed by atoms with Crippen LogP contribution in [0.1, 0.15) is 72.4 Å². The van der Waals surface area contributed by atoms with Crippen molar-refractivity contribution in [3.63, 3.8) is 0 Å². The first kappa shape index (κ1) is 49.9. The molecule has 1 fully saturated rings. The molecule has 7 atom stereocenters. The van der Waals surface area contributed by atoms with E-state index in [1.807, 2.05) is 0 Å². The number of phosphoric ester groups is 3. The molecule has 10 N–H and O–H groups in total. The molecule has 3 heterocycles. The molecule has 0 radical (unpaired) electrons. The Morgan fingerprint density at radius 1 is 1.00 bits per heavy atom. The fraction of sp³-hybridized carbons (Fsp3) is 0.733. The maximum atomic E-state index is 12.7. The van der Waals surface area contributed by atoms with Gasteiger partial charge in [0.05, 0.1) is 19.5 Å². The van der Waals surface area contributed by atoms with E-state index in [9.17, 15) is 57.9 Å². The number of ether oxygens (including phenoxy) is 1. The molecule has 0 spiro atoms. The number of rotatable bonds is 25. The standard InChI is InChI=1S/C30H52N7O17P3S/c1-18(2)8-6-5-7-9-21(39)58-13-12-32-20(38)10-11-33-28(42)25(41)30(3,4)15-51-57(48,49)54-56(46,47)50-14-19-24(53-55(43,44)45)23(40)29(52-19)37-17-36-22-26(31)34-16-35-27(22)37/h16-19,23-25,29,40-41H,5-15H2,1-4H3,(H,32,38)(H,33,42)(H,46,47)(H,48,49)(H2,31,34,35)(H2,43,44,45)/t19-,23-,24-,25+,29-/m1/s1. The quantitative estimate of drug-likeness (QED) is 0.0500. The van der Waals surface area contributed by atoms with Gasteiger partial charge in [-0.05, 0) is 12.3 Å². The third-order valence-corrected chi connectivity index (χ3v) is 12.5. The number of nitrogens with zero attached hydrogens (tertiary/aromatic N) is 4. The fourth-order valence-electron chi connectivity index (χ4n) is 5.37.